The molecule has 4 nitrogen and oxygen atoms in total. The normalized spacial score (nSPS) is 10.7. The molecule has 21 heavy (non-hydrogen) atoms. The second-order valence-electron chi connectivity index (χ2n) is 4.88. The van der Waals surface area contributed by atoms with Gasteiger partial charge in [-0.1, -0.05) is 24.3 Å². The minimum atomic E-state index is -0.181. The van der Waals surface area contributed by atoms with E-state index in [4.69, 9.17) is 4.42 Å². The van der Waals surface area contributed by atoms with Gasteiger partial charge >= 0.3 is 0 Å². The average molecular weight is 280 g/mol. The number of carbonyl (C=O) groups is 1. The maximum atomic E-state index is 12.2. The molecule has 0 aliphatic rings. The lowest BCUT2D eigenvalue weighted by atomic mass is 10.1. The number of pyridine rings is 1. The molecule has 4 heteroatoms. The van der Waals surface area contributed by atoms with E-state index in [1.54, 1.807) is 6.20 Å². The summed E-state index contributed by atoms with van der Waals surface area (Å²) in [6.07, 6.45) is 2.45. The van der Waals surface area contributed by atoms with E-state index in [0.717, 1.165) is 22.2 Å². The van der Waals surface area contributed by atoms with Gasteiger partial charge < -0.3 is 9.73 Å². The molecule has 0 fully saturated rings. The van der Waals surface area contributed by atoms with Crippen LogP contribution in [0.3, 0.4) is 0 Å². The van der Waals surface area contributed by atoms with Gasteiger partial charge in [-0.15, -0.1) is 0 Å². The molecular formula is C17H16N2O2. The number of hydrogen-bond acceptors (Lipinski definition) is 3. The molecule has 0 saturated heterocycles. The van der Waals surface area contributed by atoms with Crippen molar-refractivity contribution in [2.75, 3.05) is 6.54 Å². The van der Waals surface area contributed by atoms with Crippen molar-refractivity contribution in [3.8, 4) is 0 Å². The Kier molecular flexibility index (Phi) is 3.69. The van der Waals surface area contributed by atoms with Crippen molar-refractivity contribution in [3.63, 3.8) is 0 Å². The summed E-state index contributed by atoms with van der Waals surface area (Å²) in [5.41, 5.74) is 2.57. The predicted octanol–water partition coefficient (Wildman–Crippen LogP) is 3.11. The number of hydrogen-bond donors (Lipinski definition) is 1. The molecule has 3 aromatic rings. The highest BCUT2D eigenvalue weighted by molar-refractivity contribution is 5.98. The number of rotatable bonds is 4. The molecule has 1 aromatic carbocycles. The van der Waals surface area contributed by atoms with E-state index in [1.165, 1.54) is 0 Å². The van der Waals surface area contributed by atoms with Crippen LogP contribution in [0.4, 0.5) is 0 Å². The first-order valence-corrected chi connectivity index (χ1v) is 6.92. The summed E-state index contributed by atoms with van der Waals surface area (Å²) < 4.78 is 5.64. The molecule has 2 heterocycles. The molecule has 0 atom stereocenters. The third kappa shape index (κ3) is 2.79. The molecule has 0 unspecified atom stereocenters. The maximum Gasteiger partial charge on any atom is 0.287 e. The Labute approximate surface area is 122 Å². The molecule has 1 N–H and O–H groups in total. The van der Waals surface area contributed by atoms with Crippen molar-refractivity contribution >= 4 is 16.9 Å². The van der Waals surface area contributed by atoms with E-state index < -0.39 is 0 Å². The quantitative estimate of drug-likeness (QED) is 0.799. The molecule has 0 radical (unpaired) electrons. The zero-order valence-corrected chi connectivity index (χ0v) is 11.8. The van der Waals surface area contributed by atoms with Crippen molar-refractivity contribution in [2.24, 2.45) is 0 Å². The Bertz CT molecular complexity index is 763. The summed E-state index contributed by atoms with van der Waals surface area (Å²) in [6.45, 7) is 2.44. The molecule has 2 aromatic heterocycles. The van der Waals surface area contributed by atoms with E-state index in [9.17, 15) is 4.79 Å². The number of aryl methyl sites for hydroxylation is 1. The molecule has 0 saturated carbocycles. The number of nitrogens with one attached hydrogen (secondary N) is 1. The van der Waals surface area contributed by atoms with Crippen LogP contribution in [0.25, 0.3) is 11.0 Å². The van der Waals surface area contributed by atoms with Crippen molar-refractivity contribution in [1.29, 1.82) is 0 Å². The summed E-state index contributed by atoms with van der Waals surface area (Å²) in [5, 5.41) is 3.86. The fourth-order valence-corrected chi connectivity index (χ4v) is 2.32. The van der Waals surface area contributed by atoms with Gasteiger partial charge in [0.15, 0.2) is 5.76 Å². The Balaban J connectivity index is 1.68. The lowest BCUT2D eigenvalue weighted by molar-refractivity contribution is 0.0927. The van der Waals surface area contributed by atoms with Gasteiger partial charge in [0, 0.05) is 35.8 Å². The third-order valence-corrected chi connectivity index (χ3v) is 3.44. The standard InChI is InChI=1S/C17H16N2O2/c1-12-14-7-2-3-8-15(14)21-16(12)17(20)19-11-9-13-6-4-5-10-18-13/h2-8,10H,9,11H2,1H3,(H,19,20). The number of aromatic nitrogens is 1. The topological polar surface area (TPSA) is 55.1 Å². The van der Waals surface area contributed by atoms with Crippen molar-refractivity contribution < 1.29 is 9.21 Å². The van der Waals surface area contributed by atoms with Crippen molar-refractivity contribution in [2.45, 2.75) is 13.3 Å². The highest BCUT2D eigenvalue weighted by atomic mass is 16.3. The first kappa shape index (κ1) is 13.4. The summed E-state index contributed by atoms with van der Waals surface area (Å²) in [7, 11) is 0. The minimum Gasteiger partial charge on any atom is -0.451 e. The summed E-state index contributed by atoms with van der Waals surface area (Å²) in [4.78, 5) is 16.4. The second kappa shape index (κ2) is 5.79. The molecule has 0 aliphatic carbocycles. The molecule has 3 rings (SSSR count). The van der Waals surface area contributed by atoms with E-state index >= 15 is 0 Å². The fourth-order valence-electron chi connectivity index (χ4n) is 2.32. The van der Waals surface area contributed by atoms with Crippen LogP contribution >= 0.6 is 0 Å². The first-order chi connectivity index (χ1) is 10.3. The highest BCUT2D eigenvalue weighted by Crippen LogP contribution is 2.24. The number of carbonyl (C=O) groups excluding carboxylic acids is 1. The fraction of sp³-hybridized carbons (Fsp3) is 0.176. The Hall–Kier alpha value is -2.62. The van der Waals surface area contributed by atoms with Crippen LogP contribution in [0, 0.1) is 6.92 Å². The van der Waals surface area contributed by atoms with Crippen molar-refractivity contribution in [3.05, 3.63) is 65.7 Å². The second-order valence-corrected chi connectivity index (χ2v) is 4.88. The van der Waals surface area contributed by atoms with Crippen LogP contribution in [0.15, 0.2) is 53.1 Å². The largest absolute Gasteiger partial charge is 0.451 e. The Morgan fingerprint density at radius 2 is 2.00 bits per heavy atom. The monoisotopic (exact) mass is 280 g/mol. The molecule has 0 bridgehead atoms. The van der Waals surface area contributed by atoms with Gasteiger partial charge in [0.25, 0.3) is 5.91 Å². The predicted molar refractivity (Wildman–Crippen MR) is 81.2 cm³/mol. The van der Waals surface area contributed by atoms with E-state index in [2.05, 4.69) is 10.3 Å². The number of benzene rings is 1. The number of para-hydroxylation sites is 1. The van der Waals surface area contributed by atoms with Gasteiger partial charge in [0.1, 0.15) is 5.58 Å². The summed E-state index contributed by atoms with van der Waals surface area (Å²) >= 11 is 0. The van der Waals surface area contributed by atoms with Crippen LogP contribution in [0.5, 0.6) is 0 Å². The van der Waals surface area contributed by atoms with E-state index in [1.807, 2.05) is 49.4 Å². The molecule has 1 amide bonds. The van der Waals surface area contributed by atoms with Gasteiger partial charge in [-0.2, -0.15) is 0 Å². The SMILES string of the molecule is Cc1c(C(=O)NCCc2ccccn2)oc2ccccc12. The minimum absolute atomic E-state index is 0.181. The number of amides is 1. The van der Waals surface area contributed by atoms with Gasteiger partial charge in [0.05, 0.1) is 0 Å². The zero-order valence-electron chi connectivity index (χ0n) is 11.8. The Morgan fingerprint density at radius 3 is 2.76 bits per heavy atom. The van der Waals surface area contributed by atoms with Gasteiger partial charge in [-0.05, 0) is 25.1 Å². The third-order valence-electron chi connectivity index (χ3n) is 3.44. The zero-order chi connectivity index (χ0) is 14.7. The summed E-state index contributed by atoms with van der Waals surface area (Å²) in [5.74, 6) is 0.205. The smallest absolute Gasteiger partial charge is 0.287 e. The lowest BCUT2D eigenvalue weighted by Crippen LogP contribution is -2.26. The molecule has 0 spiro atoms. The first-order valence-electron chi connectivity index (χ1n) is 6.92. The van der Waals surface area contributed by atoms with Crippen molar-refractivity contribution in [1.82, 2.24) is 10.3 Å². The van der Waals surface area contributed by atoms with Crippen LogP contribution in [-0.2, 0) is 6.42 Å². The van der Waals surface area contributed by atoms with Crippen LogP contribution in [0.1, 0.15) is 21.8 Å². The molecule has 0 aliphatic heterocycles. The van der Waals surface area contributed by atoms with Crippen LogP contribution < -0.4 is 5.32 Å². The molecule has 106 valence electrons. The maximum absolute atomic E-state index is 12.2. The molecular weight excluding hydrogens is 264 g/mol. The van der Waals surface area contributed by atoms with Crippen LogP contribution in [0.2, 0.25) is 0 Å². The Morgan fingerprint density at radius 1 is 1.19 bits per heavy atom. The number of nitrogens with zero attached hydrogens (tertiary/aromatic N) is 1. The highest BCUT2D eigenvalue weighted by Gasteiger charge is 2.16. The number of furan rings is 1. The van der Waals surface area contributed by atoms with Crippen LogP contribution in [-0.4, -0.2) is 17.4 Å². The average Bonchev–Trinajstić information content (AvgIpc) is 2.86. The summed E-state index contributed by atoms with van der Waals surface area (Å²) in [6, 6.07) is 13.4. The number of fused-ring (bicyclic) bond motifs is 1. The van der Waals surface area contributed by atoms with E-state index in [0.29, 0.717) is 18.7 Å². The van der Waals surface area contributed by atoms with E-state index in [-0.39, 0.29) is 5.91 Å². The van der Waals surface area contributed by atoms with Gasteiger partial charge in [-0.25, -0.2) is 0 Å². The van der Waals surface area contributed by atoms with Gasteiger partial charge in [0.2, 0.25) is 0 Å². The lowest BCUT2D eigenvalue weighted by Gasteiger charge is -2.03. The van der Waals surface area contributed by atoms with Gasteiger partial charge in [-0.3, -0.25) is 9.78 Å².